The zero-order chi connectivity index (χ0) is 16.8. The Labute approximate surface area is 138 Å². The van der Waals surface area contributed by atoms with Crippen LogP contribution in [0.1, 0.15) is 17.1 Å². The Morgan fingerprint density at radius 3 is 2.21 bits per heavy atom. The Balaban J connectivity index is 1.74. The molecule has 5 heteroatoms. The van der Waals surface area contributed by atoms with Crippen molar-refractivity contribution in [1.29, 1.82) is 0 Å². The van der Waals surface area contributed by atoms with Crippen LogP contribution in [0.5, 0.6) is 0 Å². The second-order valence-corrected chi connectivity index (χ2v) is 5.24. The predicted octanol–water partition coefficient (Wildman–Crippen LogP) is 4.25. The summed E-state index contributed by atoms with van der Waals surface area (Å²) in [5.74, 6) is 0.794. The molecule has 3 aromatic rings. The van der Waals surface area contributed by atoms with E-state index in [-0.39, 0.29) is 11.7 Å². The van der Waals surface area contributed by atoms with Crippen LogP contribution in [0.2, 0.25) is 0 Å². The maximum Gasteiger partial charge on any atom is 0.247 e. The van der Waals surface area contributed by atoms with E-state index in [1.165, 1.54) is 18.2 Å². The SMILES string of the molecule is O=C(/C=C/c1cccc(F)c1)N(Cc1ccco1)Cc1ccco1. The van der Waals surface area contributed by atoms with Gasteiger partial charge in [-0.1, -0.05) is 12.1 Å². The van der Waals surface area contributed by atoms with E-state index in [2.05, 4.69) is 0 Å². The lowest BCUT2D eigenvalue weighted by Gasteiger charge is -2.18. The van der Waals surface area contributed by atoms with Crippen molar-refractivity contribution in [3.8, 4) is 0 Å². The largest absolute Gasteiger partial charge is 0.467 e. The highest BCUT2D eigenvalue weighted by molar-refractivity contribution is 5.91. The van der Waals surface area contributed by atoms with Crippen molar-refractivity contribution in [1.82, 2.24) is 4.90 Å². The van der Waals surface area contributed by atoms with Crippen LogP contribution in [0.4, 0.5) is 4.39 Å². The van der Waals surface area contributed by atoms with Crippen molar-refractivity contribution in [2.45, 2.75) is 13.1 Å². The Hall–Kier alpha value is -3.08. The molecule has 1 aromatic carbocycles. The molecule has 4 nitrogen and oxygen atoms in total. The van der Waals surface area contributed by atoms with Crippen LogP contribution in [0.15, 0.2) is 76.0 Å². The zero-order valence-corrected chi connectivity index (χ0v) is 12.9. The first-order valence-corrected chi connectivity index (χ1v) is 7.48. The van der Waals surface area contributed by atoms with Crippen molar-refractivity contribution < 1.29 is 18.0 Å². The number of rotatable bonds is 6. The molecular formula is C19H16FNO3. The first kappa shape index (κ1) is 15.8. The molecule has 0 saturated carbocycles. The van der Waals surface area contributed by atoms with Gasteiger partial charge in [0.1, 0.15) is 17.3 Å². The second-order valence-electron chi connectivity index (χ2n) is 5.24. The van der Waals surface area contributed by atoms with E-state index in [4.69, 9.17) is 8.83 Å². The van der Waals surface area contributed by atoms with Gasteiger partial charge in [0.15, 0.2) is 0 Å². The molecule has 2 heterocycles. The fourth-order valence-electron chi connectivity index (χ4n) is 2.28. The summed E-state index contributed by atoms with van der Waals surface area (Å²) in [4.78, 5) is 14.1. The number of hydrogen-bond acceptors (Lipinski definition) is 3. The second kappa shape index (κ2) is 7.46. The van der Waals surface area contributed by atoms with Crippen LogP contribution >= 0.6 is 0 Å². The number of benzene rings is 1. The molecule has 1 amide bonds. The van der Waals surface area contributed by atoms with E-state index in [1.807, 2.05) is 0 Å². The van der Waals surface area contributed by atoms with Crippen LogP contribution in [-0.2, 0) is 17.9 Å². The molecule has 3 rings (SSSR count). The zero-order valence-electron chi connectivity index (χ0n) is 12.9. The van der Waals surface area contributed by atoms with Crippen molar-refractivity contribution in [3.63, 3.8) is 0 Å². The molecule has 0 fully saturated rings. The number of furan rings is 2. The minimum absolute atomic E-state index is 0.216. The third kappa shape index (κ3) is 4.23. The highest BCUT2D eigenvalue weighted by Crippen LogP contribution is 2.13. The average molecular weight is 325 g/mol. The molecule has 0 saturated heterocycles. The summed E-state index contributed by atoms with van der Waals surface area (Å²) in [6, 6.07) is 13.2. The average Bonchev–Trinajstić information content (AvgIpc) is 3.26. The molecule has 2 aromatic heterocycles. The molecule has 0 spiro atoms. The van der Waals surface area contributed by atoms with Crippen molar-refractivity contribution in [2.75, 3.05) is 0 Å². The lowest BCUT2D eigenvalue weighted by Crippen LogP contribution is -2.28. The summed E-state index contributed by atoms with van der Waals surface area (Å²) in [7, 11) is 0. The Kier molecular flexibility index (Phi) is 4.91. The highest BCUT2D eigenvalue weighted by atomic mass is 19.1. The van der Waals surface area contributed by atoms with Gasteiger partial charge in [-0.05, 0) is 48.0 Å². The lowest BCUT2D eigenvalue weighted by molar-refractivity contribution is -0.127. The van der Waals surface area contributed by atoms with Crippen molar-refractivity contribution in [2.24, 2.45) is 0 Å². The van der Waals surface area contributed by atoms with Crippen molar-refractivity contribution in [3.05, 3.63) is 90.0 Å². The summed E-state index contributed by atoms with van der Waals surface area (Å²) in [5, 5.41) is 0. The maximum atomic E-state index is 13.2. The normalized spacial score (nSPS) is 11.0. The Bertz CT molecular complexity index is 771. The standard InChI is InChI=1S/C19H16FNO3/c20-16-5-1-4-15(12-16)8-9-19(22)21(13-17-6-2-10-23-17)14-18-7-3-11-24-18/h1-12H,13-14H2/b9-8+. The minimum atomic E-state index is -0.340. The highest BCUT2D eigenvalue weighted by Gasteiger charge is 2.15. The van der Waals surface area contributed by atoms with Crippen LogP contribution in [0.25, 0.3) is 6.08 Å². The lowest BCUT2D eigenvalue weighted by atomic mass is 10.2. The van der Waals surface area contributed by atoms with Gasteiger partial charge in [-0.15, -0.1) is 0 Å². The fraction of sp³-hybridized carbons (Fsp3) is 0.105. The van der Waals surface area contributed by atoms with Crippen LogP contribution in [0.3, 0.4) is 0 Å². The van der Waals surface area contributed by atoms with Gasteiger partial charge < -0.3 is 13.7 Å². The maximum absolute atomic E-state index is 13.2. The van der Waals surface area contributed by atoms with E-state index in [1.54, 1.807) is 59.9 Å². The van der Waals surface area contributed by atoms with Gasteiger partial charge in [0, 0.05) is 6.08 Å². The van der Waals surface area contributed by atoms with E-state index in [9.17, 15) is 9.18 Å². The smallest absolute Gasteiger partial charge is 0.247 e. The molecule has 0 radical (unpaired) electrons. The molecule has 0 aliphatic rings. The summed E-state index contributed by atoms with van der Waals surface area (Å²) < 4.78 is 23.8. The summed E-state index contributed by atoms with van der Waals surface area (Å²) in [5.41, 5.74) is 0.624. The van der Waals surface area contributed by atoms with Gasteiger partial charge in [-0.3, -0.25) is 4.79 Å². The number of carbonyl (C=O) groups excluding carboxylic acids is 1. The molecule has 0 atom stereocenters. The third-order valence-electron chi connectivity index (χ3n) is 3.43. The Morgan fingerprint density at radius 2 is 1.67 bits per heavy atom. The van der Waals surface area contributed by atoms with E-state index in [0.29, 0.717) is 30.2 Å². The summed E-state index contributed by atoms with van der Waals surface area (Å²) in [6.07, 6.45) is 6.13. The molecule has 24 heavy (non-hydrogen) atoms. The number of halogens is 1. The third-order valence-corrected chi connectivity index (χ3v) is 3.43. The van der Waals surface area contributed by atoms with Gasteiger partial charge >= 0.3 is 0 Å². The topological polar surface area (TPSA) is 46.6 Å². The van der Waals surface area contributed by atoms with Crippen LogP contribution in [0, 0.1) is 5.82 Å². The van der Waals surface area contributed by atoms with Gasteiger partial charge in [-0.2, -0.15) is 0 Å². The van der Waals surface area contributed by atoms with E-state index >= 15 is 0 Å². The van der Waals surface area contributed by atoms with Gasteiger partial charge in [0.25, 0.3) is 0 Å². The first-order chi connectivity index (χ1) is 11.7. The van der Waals surface area contributed by atoms with Crippen LogP contribution < -0.4 is 0 Å². The summed E-state index contributed by atoms with van der Waals surface area (Å²) in [6.45, 7) is 0.639. The molecule has 0 aliphatic carbocycles. The fourth-order valence-corrected chi connectivity index (χ4v) is 2.28. The minimum Gasteiger partial charge on any atom is -0.467 e. The molecule has 0 aliphatic heterocycles. The van der Waals surface area contributed by atoms with Gasteiger partial charge in [0.05, 0.1) is 25.6 Å². The van der Waals surface area contributed by atoms with Gasteiger partial charge in [0.2, 0.25) is 5.91 Å². The van der Waals surface area contributed by atoms with E-state index in [0.717, 1.165) is 0 Å². The Morgan fingerprint density at radius 1 is 1.00 bits per heavy atom. The molecule has 122 valence electrons. The molecule has 0 N–H and O–H groups in total. The van der Waals surface area contributed by atoms with E-state index < -0.39 is 0 Å². The number of amides is 1. The first-order valence-electron chi connectivity index (χ1n) is 7.48. The molecule has 0 bridgehead atoms. The van der Waals surface area contributed by atoms with Crippen LogP contribution in [-0.4, -0.2) is 10.8 Å². The number of hydrogen-bond donors (Lipinski definition) is 0. The van der Waals surface area contributed by atoms with Gasteiger partial charge in [-0.25, -0.2) is 4.39 Å². The number of carbonyl (C=O) groups is 1. The molecular weight excluding hydrogens is 309 g/mol. The number of nitrogens with zero attached hydrogens (tertiary/aromatic N) is 1. The summed E-state index contributed by atoms with van der Waals surface area (Å²) >= 11 is 0. The van der Waals surface area contributed by atoms with Crippen molar-refractivity contribution >= 4 is 12.0 Å². The quantitative estimate of drug-likeness (QED) is 0.636. The monoisotopic (exact) mass is 325 g/mol. The molecule has 0 unspecified atom stereocenters. The predicted molar refractivity (Wildman–Crippen MR) is 87.1 cm³/mol.